The monoisotopic (exact) mass is 250 g/mol. The number of hydrogen-bond acceptors (Lipinski definition) is 3. The minimum absolute atomic E-state index is 0.0438. The molecule has 1 fully saturated rings. The van der Waals surface area contributed by atoms with Gasteiger partial charge in [-0.05, 0) is 37.5 Å². The number of hydrazone groups is 1. The molecule has 1 amide bonds. The number of hydrogen-bond donors (Lipinski definition) is 2. The van der Waals surface area contributed by atoms with Crippen LogP contribution < -0.4 is 5.43 Å². The zero-order valence-corrected chi connectivity index (χ0v) is 10.1. The molecule has 2 N–H and O–H groups in total. The number of phenolic OH excluding ortho intramolecular Hbond substituents is 1. The summed E-state index contributed by atoms with van der Waals surface area (Å²) in [5, 5.41) is 13.6. The van der Waals surface area contributed by atoms with Crippen LogP contribution in [0.15, 0.2) is 23.3 Å². The molecular weight excluding hydrogens is 235 g/mol. The summed E-state index contributed by atoms with van der Waals surface area (Å²) < 4.78 is 13.1. The van der Waals surface area contributed by atoms with E-state index < -0.39 is 5.82 Å². The van der Waals surface area contributed by atoms with Gasteiger partial charge in [0.2, 0.25) is 5.91 Å². The van der Waals surface area contributed by atoms with Crippen LogP contribution in [-0.2, 0) is 4.79 Å². The van der Waals surface area contributed by atoms with Crippen molar-refractivity contribution < 1.29 is 14.3 Å². The summed E-state index contributed by atoms with van der Waals surface area (Å²) in [7, 11) is 0. The fourth-order valence-electron chi connectivity index (χ4n) is 1.63. The molecule has 1 aliphatic carbocycles. The van der Waals surface area contributed by atoms with Gasteiger partial charge in [0.1, 0.15) is 11.6 Å². The summed E-state index contributed by atoms with van der Waals surface area (Å²) in [5.41, 5.74) is 3.23. The van der Waals surface area contributed by atoms with Gasteiger partial charge < -0.3 is 5.11 Å². The first-order valence-electron chi connectivity index (χ1n) is 5.97. The van der Waals surface area contributed by atoms with Gasteiger partial charge in [0, 0.05) is 11.5 Å². The third-order valence-corrected chi connectivity index (χ3v) is 2.85. The van der Waals surface area contributed by atoms with E-state index in [1.807, 2.05) is 6.92 Å². The summed E-state index contributed by atoms with van der Waals surface area (Å²) in [4.78, 5) is 11.5. The van der Waals surface area contributed by atoms with Crippen molar-refractivity contribution in [2.24, 2.45) is 11.0 Å². The molecule has 96 valence electrons. The van der Waals surface area contributed by atoms with E-state index in [4.69, 9.17) is 0 Å². The van der Waals surface area contributed by atoms with Crippen molar-refractivity contribution in [3.05, 3.63) is 29.6 Å². The number of nitrogens with one attached hydrogen (secondary N) is 1. The molecule has 0 aliphatic heterocycles. The Kier molecular flexibility index (Phi) is 3.60. The molecule has 18 heavy (non-hydrogen) atoms. The summed E-state index contributed by atoms with van der Waals surface area (Å²) >= 11 is 0. The van der Waals surface area contributed by atoms with Gasteiger partial charge in [-0.25, -0.2) is 9.82 Å². The minimum Gasteiger partial charge on any atom is -0.507 e. The van der Waals surface area contributed by atoms with Crippen molar-refractivity contribution in [1.82, 2.24) is 5.43 Å². The lowest BCUT2D eigenvalue weighted by Gasteiger charge is -2.07. The van der Waals surface area contributed by atoms with E-state index in [0.717, 1.165) is 12.8 Å². The first-order valence-corrected chi connectivity index (χ1v) is 5.97. The van der Waals surface area contributed by atoms with Crippen molar-refractivity contribution in [2.75, 3.05) is 0 Å². The van der Waals surface area contributed by atoms with Crippen LogP contribution >= 0.6 is 0 Å². The smallest absolute Gasteiger partial charge is 0.243 e. The molecule has 0 heterocycles. The average Bonchev–Trinajstić information content (AvgIpc) is 3.18. The lowest BCUT2D eigenvalue weighted by molar-refractivity contribution is -0.122. The average molecular weight is 250 g/mol. The SMILES string of the molecule is CCC(=NNC(=O)C1CC1)c1cc(F)ccc1O. The second kappa shape index (κ2) is 5.16. The topological polar surface area (TPSA) is 61.7 Å². The molecule has 0 saturated heterocycles. The van der Waals surface area contributed by atoms with Crippen LogP contribution in [0.2, 0.25) is 0 Å². The summed E-state index contributed by atoms with van der Waals surface area (Å²) in [5.74, 6) is -0.542. The zero-order valence-electron chi connectivity index (χ0n) is 10.1. The van der Waals surface area contributed by atoms with Crippen molar-refractivity contribution >= 4 is 11.6 Å². The summed E-state index contributed by atoms with van der Waals surface area (Å²) in [6, 6.07) is 3.66. The van der Waals surface area contributed by atoms with Gasteiger partial charge in [0.15, 0.2) is 0 Å². The van der Waals surface area contributed by atoms with Gasteiger partial charge in [-0.1, -0.05) is 6.92 Å². The highest BCUT2D eigenvalue weighted by Crippen LogP contribution is 2.28. The molecule has 0 spiro atoms. The Labute approximate surface area is 105 Å². The number of nitrogens with zero attached hydrogens (tertiary/aromatic N) is 1. The van der Waals surface area contributed by atoms with E-state index in [1.54, 1.807) is 0 Å². The molecule has 1 saturated carbocycles. The van der Waals surface area contributed by atoms with Crippen molar-refractivity contribution in [3.63, 3.8) is 0 Å². The maximum absolute atomic E-state index is 13.1. The second-order valence-corrected chi connectivity index (χ2v) is 4.32. The standard InChI is InChI=1S/C13H15FN2O2/c1-2-11(15-16-13(18)8-3-4-8)10-7-9(14)5-6-12(10)17/h5-8,17H,2-4H2,1H3,(H,16,18). The number of rotatable bonds is 4. The number of amides is 1. The predicted molar refractivity (Wildman–Crippen MR) is 65.8 cm³/mol. The Morgan fingerprint density at radius 1 is 1.56 bits per heavy atom. The minimum atomic E-state index is -0.447. The maximum Gasteiger partial charge on any atom is 0.243 e. The molecule has 5 heteroatoms. The van der Waals surface area contributed by atoms with Crippen LogP contribution in [0.4, 0.5) is 4.39 Å². The Bertz CT molecular complexity index is 496. The number of phenols is 1. The Balaban J connectivity index is 2.18. The van der Waals surface area contributed by atoms with Crippen molar-refractivity contribution in [2.45, 2.75) is 26.2 Å². The second-order valence-electron chi connectivity index (χ2n) is 4.32. The quantitative estimate of drug-likeness (QED) is 0.635. The van der Waals surface area contributed by atoms with Crippen molar-refractivity contribution in [1.29, 1.82) is 0 Å². The third kappa shape index (κ3) is 2.85. The molecule has 1 aliphatic rings. The molecule has 0 bridgehead atoms. The molecule has 2 rings (SSSR count). The van der Waals surface area contributed by atoms with Crippen LogP contribution in [0, 0.1) is 11.7 Å². The lowest BCUT2D eigenvalue weighted by Crippen LogP contribution is -2.21. The first kappa shape index (κ1) is 12.5. The van der Waals surface area contributed by atoms with Gasteiger partial charge in [-0.2, -0.15) is 5.10 Å². The number of carbonyl (C=O) groups excluding carboxylic acids is 1. The van der Waals surface area contributed by atoms with Crippen molar-refractivity contribution in [3.8, 4) is 5.75 Å². The number of benzene rings is 1. The number of aromatic hydroxyl groups is 1. The maximum atomic E-state index is 13.1. The first-order chi connectivity index (χ1) is 8.61. The fraction of sp³-hybridized carbons (Fsp3) is 0.385. The molecule has 4 nitrogen and oxygen atoms in total. The van der Waals surface area contributed by atoms with E-state index in [0.29, 0.717) is 17.7 Å². The van der Waals surface area contributed by atoms with E-state index in [1.165, 1.54) is 18.2 Å². The number of halogens is 1. The highest BCUT2D eigenvalue weighted by molar-refractivity contribution is 6.03. The largest absolute Gasteiger partial charge is 0.507 e. The van der Waals surface area contributed by atoms with Crippen LogP contribution in [0.3, 0.4) is 0 Å². The van der Waals surface area contributed by atoms with Gasteiger partial charge in [0.05, 0.1) is 5.71 Å². The summed E-state index contributed by atoms with van der Waals surface area (Å²) in [6.07, 6.45) is 2.28. The fourth-order valence-corrected chi connectivity index (χ4v) is 1.63. The van der Waals surface area contributed by atoms with E-state index >= 15 is 0 Å². The lowest BCUT2D eigenvalue weighted by atomic mass is 10.1. The predicted octanol–water partition coefficient (Wildman–Crippen LogP) is 2.17. The molecule has 0 aromatic heterocycles. The third-order valence-electron chi connectivity index (χ3n) is 2.85. The van der Waals surface area contributed by atoms with Crippen LogP contribution in [0.5, 0.6) is 5.75 Å². The molecule has 0 radical (unpaired) electrons. The Morgan fingerprint density at radius 3 is 2.89 bits per heavy atom. The van der Waals surface area contributed by atoms with Gasteiger partial charge in [-0.3, -0.25) is 4.79 Å². The van der Waals surface area contributed by atoms with Crippen LogP contribution in [-0.4, -0.2) is 16.7 Å². The van der Waals surface area contributed by atoms with E-state index in [-0.39, 0.29) is 17.6 Å². The molecule has 0 atom stereocenters. The summed E-state index contributed by atoms with van der Waals surface area (Å²) in [6.45, 7) is 1.83. The van der Waals surface area contributed by atoms with Crippen LogP contribution in [0.25, 0.3) is 0 Å². The van der Waals surface area contributed by atoms with Gasteiger partial charge >= 0.3 is 0 Å². The molecule has 1 aromatic carbocycles. The molecule has 0 unspecified atom stereocenters. The highest BCUT2D eigenvalue weighted by atomic mass is 19.1. The van der Waals surface area contributed by atoms with Gasteiger partial charge in [0.25, 0.3) is 0 Å². The van der Waals surface area contributed by atoms with Crippen LogP contribution in [0.1, 0.15) is 31.7 Å². The number of carbonyl (C=O) groups is 1. The normalized spacial score (nSPS) is 15.6. The van der Waals surface area contributed by atoms with E-state index in [9.17, 15) is 14.3 Å². The molecular formula is C13H15FN2O2. The Hall–Kier alpha value is -1.91. The van der Waals surface area contributed by atoms with E-state index in [2.05, 4.69) is 10.5 Å². The van der Waals surface area contributed by atoms with Gasteiger partial charge in [-0.15, -0.1) is 0 Å². The highest BCUT2D eigenvalue weighted by Gasteiger charge is 2.29. The molecule has 1 aromatic rings. The Morgan fingerprint density at radius 2 is 2.28 bits per heavy atom. The zero-order chi connectivity index (χ0) is 13.1.